The number of ketones is 1. The average molecular weight is 872 g/mol. The van der Waals surface area contributed by atoms with Crippen molar-refractivity contribution >= 4 is 17.8 Å². The second kappa shape index (κ2) is 17.3. The van der Waals surface area contributed by atoms with E-state index in [4.69, 9.17) is 34.8 Å². The Labute approximate surface area is 370 Å². The number of alkyl carbamates (subject to hydrolysis) is 1. The van der Waals surface area contributed by atoms with E-state index >= 15 is 0 Å². The Kier molecular flexibility index (Phi) is 13.7. The second-order valence-electron chi connectivity index (χ2n) is 21.2. The molecule has 0 radical (unpaired) electrons. The molecule has 0 aromatic heterocycles. The van der Waals surface area contributed by atoms with Crippen molar-refractivity contribution in [3.05, 3.63) is 12.2 Å². The first-order chi connectivity index (χ1) is 28.8. The first-order valence-corrected chi connectivity index (χ1v) is 23.6. The van der Waals surface area contributed by atoms with Gasteiger partial charge < -0.3 is 49.1 Å². The molecule has 13 nitrogen and oxygen atoms in total. The largest absolute Gasteiger partial charge is 0.481 e. The molecule has 13 heteroatoms. The number of carbonyl (C=O) groups excluding carboxylic acids is 2. The number of rotatable bonds is 13. The molecule has 5 heterocycles. The maximum absolute atomic E-state index is 14.8. The predicted octanol–water partition coefficient (Wildman–Crippen LogP) is 7.48. The van der Waals surface area contributed by atoms with E-state index in [-0.39, 0.29) is 29.6 Å². The van der Waals surface area contributed by atoms with E-state index in [0.717, 1.165) is 6.42 Å². The number of aliphatic hydroxyl groups excluding tert-OH is 1. The molecule has 4 N–H and O–H groups in total. The predicted molar refractivity (Wildman–Crippen MR) is 231 cm³/mol. The SMILES string of the molecule is C#CC(C)(C)OC(=O)N[C@@H]1C=C[C@]2(O[C@H](C(CC)C(=O)[C@@H](C)[C@@H](O)C3(C)C[C@]34O[C@@H]([C@@H](CC)C(=O)O)CC[C@@H]4C)[C@@H](C)C[C@H]2C)O[C@@]12CC[C@@](C)([C@H]1CC[C@](O)(CC)[C@H](C)O1)O2. The monoisotopic (exact) mass is 872 g/mol. The van der Waals surface area contributed by atoms with Gasteiger partial charge in [0.1, 0.15) is 11.8 Å². The Morgan fingerprint density at radius 2 is 1.65 bits per heavy atom. The van der Waals surface area contributed by atoms with Crippen molar-refractivity contribution in [3.63, 3.8) is 0 Å². The number of hydrogen-bond acceptors (Lipinski definition) is 11. The van der Waals surface area contributed by atoms with Crippen LogP contribution in [0.1, 0.15) is 154 Å². The molecule has 4 saturated heterocycles. The molecule has 0 bridgehead atoms. The van der Waals surface area contributed by atoms with E-state index in [2.05, 4.69) is 32.0 Å². The summed E-state index contributed by atoms with van der Waals surface area (Å²) < 4.78 is 40.3. The van der Waals surface area contributed by atoms with E-state index in [1.807, 2.05) is 53.7 Å². The normalized spacial score (nSPS) is 44.9. The third-order valence-electron chi connectivity index (χ3n) is 16.7. The number of aliphatic hydroxyl groups is 2. The van der Waals surface area contributed by atoms with Crippen LogP contribution in [0.5, 0.6) is 0 Å². The number of Topliss-reactive ketones (excluding diaryl/α,β-unsaturated/α-hetero) is 1. The van der Waals surface area contributed by atoms with E-state index in [9.17, 15) is 29.7 Å². The lowest BCUT2D eigenvalue weighted by molar-refractivity contribution is -0.398. The molecule has 0 aromatic rings. The molecule has 2 unspecified atom stereocenters. The highest BCUT2D eigenvalue weighted by atomic mass is 16.8. The molecule has 62 heavy (non-hydrogen) atoms. The van der Waals surface area contributed by atoms with Crippen LogP contribution in [0.3, 0.4) is 0 Å². The van der Waals surface area contributed by atoms with Gasteiger partial charge in [0.2, 0.25) is 0 Å². The molecule has 6 rings (SSSR count). The highest BCUT2D eigenvalue weighted by Gasteiger charge is 2.74. The van der Waals surface area contributed by atoms with Crippen LogP contribution in [-0.2, 0) is 38.0 Å². The topological polar surface area (TPSA) is 179 Å². The summed E-state index contributed by atoms with van der Waals surface area (Å²) in [7, 11) is 0. The third-order valence-corrected chi connectivity index (χ3v) is 16.7. The minimum atomic E-state index is -1.43. The maximum atomic E-state index is 14.8. The summed E-state index contributed by atoms with van der Waals surface area (Å²) in [5.41, 5.74) is -4.39. The molecular formula is C49H77NO12. The Bertz CT molecular complexity index is 1760. The molecule has 1 saturated carbocycles. The number of nitrogens with one attached hydrogen (secondary N) is 1. The molecule has 350 valence electrons. The summed E-state index contributed by atoms with van der Waals surface area (Å²) >= 11 is 0. The molecule has 18 atom stereocenters. The molecule has 0 aromatic carbocycles. The van der Waals surface area contributed by atoms with Crippen molar-refractivity contribution < 1.29 is 58.1 Å². The lowest BCUT2D eigenvalue weighted by Crippen LogP contribution is -2.66. The summed E-state index contributed by atoms with van der Waals surface area (Å²) in [5.74, 6) is -3.35. The van der Waals surface area contributed by atoms with Crippen LogP contribution in [0.4, 0.5) is 4.79 Å². The second-order valence-corrected chi connectivity index (χ2v) is 21.2. The van der Waals surface area contributed by atoms with E-state index < -0.39 is 99.7 Å². The van der Waals surface area contributed by atoms with Crippen LogP contribution < -0.4 is 5.32 Å². The van der Waals surface area contributed by atoms with E-state index in [0.29, 0.717) is 64.2 Å². The van der Waals surface area contributed by atoms with Gasteiger partial charge in [-0.1, -0.05) is 67.4 Å². The fraction of sp³-hybridized carbons (Fsp3) is 0.857. The summed E-state index contributed by atoms with van der Waals surface area (Å²) in [6, 6.07) is -0.810. The van der Waals surface area contributed by atoms with Gasteiger partial charge in [0, 0.05) is 29.6 Å². The van der Waals surface area contributed by atoms with Gasteiger partial charge in [0.25, 0.3) is 0 Å². The van der Waals surface area contributed by atoms with Crippen LogP contribution in [0.2, 0.25) is 0 Å². The van der Waals surface area contributed by atoms with Gasteiger partial charge in [-0.05, 0) is 110 Å². The minimum Gasteiger partial charge on any atom is -0.481 e. The highest BCUT2D eigenvalue weighted by molar-refractivity contribution is 5.84. The molecule has 5 aliphatic heterocycles. The summed E-state index contributed by atoms with van der Waals surface area (Å²) in [6.07, 6.45) is 11.9. The van der Waals surface area contributed by atoms with Crippen LogP contribution in [0, 0.1) is 53.3 Å². The average Bonchev–Trinajstić information content (AvgIpc) is 3.67. The number of carbonyl (C=O) groups is 3. The van der Waals surface area contributed by atoms with Gasteiger partial charge in [-0.25, -0.2) is 4.79 Å². The van der Waals surface area contributed by atoms with Gasteiger partial charge in [0.05, 0.1) is 53.2 Å². The smallest absolute Gasteiger partial charge is 0.409 e. The fourth-order valence-electron chi connectivity index (χ4n) is 12.2. The molecule has 1 aliphatic carbocycles. The molecular weight excluding hydrogens is 795 g/mol. The van der Waals surface area contributed by atoms with E-state index in [1.165, 1.54) is 0 Å². The summed E-state index contributed by atoms with van der Waals surface area (Å²) in [5, 5.41) is 36.3. The van der Waals surface area contributed by atoms with Crippen molar-refractivity contribution in [2.75, 3.05) is 0 Å². The number of hydrogen-bond donors (Lipinski definition) is 4. The lowest BCUT2D eigenvalue weighted by atomic mass is 9.72. The third kappa shape index (κ3) is 8.41. The Hall–Kier alpha value is -2.57. The Morgan fingerprint density at radius 1 is 0.968 bits per heavy atom. The van der Waals surface area contributed by atoms with Gasteiger partial charge >= 0.3 is 12.1 Å². The minimum absolute atomic E-state index is 0.0462. The van der Waals surface area contributed by atoms with Gasteiger partial charge in [0.15, 0.2) is 17.2 Å². The molecule has 5 fully saturated rings. The number of ether oxygens (including phenoxy) is 6. The van der Waals surface area contributed by atoms with Crippen molar-refractivity contribution in [1.29, 1.82) is 0 Å². The molecule has 6 aliphatic rings. The van der Waals surface area contributed by atoms with E-state index in [1.54, 1.807) is 20.8 Å². The van der Waals surface area contributed by atoms with Crippen molar-refractivity contribution in [2.24, 2.45) is 40.9 Å². The van der Waals surface area contributed by atoms with Crippen LogP contribution in [0.25, 0.3) is 0 Å². The van der Waals surface area contributed by atoms with Crippen LogP contribution >= 0.6 is 0 Å². The summed E-state index contributed by atoms with van der Waals surface area (Å²) in [6.45, 7) is 22.9. The fourth-order valence-corrected chi connectivity index (χ4v) is 12.2. The van der Waals surface area contributed by atoms with Gasteiger partial charge in [-0.2, -0.15) is 0 Å². The Balaban J connectivity index is 1.26. The standard InChI is InChI=1S/C49H77NO12/c1-14-33(41(53)54)35-19-18-29(6)47(58-35)27-44(47,12)40(52)31(8)38(51)34(15-2)39-28(5)26-30(7)48(59-39)23-20-36(50-42(55)60-43(10,11)16-3)49(62-48)25-24-45(13,61-49)37-21-22-46(56,17-4)32(9)57-37/h3,20,23,28-37,39-40,52,56H,14-15,17-19,21-22,24-27H2,1-2,4-13H3,(H,50,55)(H,53,54)/t28-,29-,30+,31+,32-,33+,34?,35+,36+,37+,39-,40+,44?,45-,46+,47+,48-,49-/m0/s1. The maximum Gasteiger partial charge on any atom is 0.409 e. The zero-order chi connectivity index (χ0) is 46.0. The van der Waals surface area contributed by atoms with Gasteiger partial charge in [-0.15, -0.1) is 6.42 Å². The van der Waals surface area contributed by atoms with Crippen molar-refractivity contribution in [3.8, 4) is 12.3 Å². The van der Waals surface area contributed by atoms with Crippen LogP contribution in [-0.4, -0.2) is 104 Å². The Morgan fingerprint density at radius 3 is 2.24 bits per heavy atom. The van der Waals surface area contributed by atoms with Crippen LogP contribution in [0.15, 0.2) is 12.2 Å². The highest BCUT2D eigenvalue weighted by Crippen LogP contribution is 2.68. The molecule has 1 amide bonds. The molecule has 3 spiro atoms. The lowest BCUT2D eigenvalue weighted by Gasteiger charge is -2.55. The summed E-state index contributed by atoms with van der Waals surface area (Å²) in [4.78, 5) is 40.4. The zero-order valence-electron chi connectivity index (χ0n) is 39.5. The number of carboxylic acid groups (broad SMARTS) is 1. The first-order valence-electron chi connectivity index (χ1n) is 23.6. The first kappa shape index (κ1) is 48.9. The van der Waals surface area contributed by atoms with Gasteiger partial charge in [-0.3, -0.25) is 9.59 Å². The number of amides is 1. The number of terminal acetylenes is 1. The number of carboxylic acids is 1. The quantitative estimate of drug-likeness (QED) is 0.106. The van der Waals surface area contributed by atoms with Crippen molar-refractivity contribution in [1.82, 2.24) is 5.32 Å². The van der Waals surface area contributed by atoms with Crippen molar-refractivity contribution in [2.45, 2.75) is 224 Å². The zero-order valence-corrected chi connectivity index (χ0v) is 39.5. The number of aliphatic carboxylic acids is 1.